The Morgan fingerprint density at radius 1 is 1.07 bits per heavy atom. The largest absolute Gasteiger partial charge is 0.479 e. The van der Waals surface area contributed by atoms with Gasteiger partial charge in [-0.1, -0.05) is 12.1 Å². The second-order valence-electron chi connectivity index (χ2n) is 6.54. The van der Waals surface area contributed by atoms with Gasteiger partial charge in [-0.3, -0.25) is 19.2 Å². The van der Waals surface area contributed by atoms with Gasteiger partial charge < -0.3 is 26.4 Å². The van der Waals surface area contributed by atoms with Crippen LogP contribution in [0.5, 0.6) is 5.75 Å². The number of para-hydroxylation sites is 2. The molecule has 9 nitrogen and oxygen atoms in total. The van der Waals surface area contributed by atoms with Crippen LogP contribution < -0.4 is 26.4 Å². The molecule has 29 heavy (non-hydrogen) atoms. The number of ether oxygens (including phenoxy) is 1. The molecule has 2 aromatic carbocycles. The molecular weight excluding hydrogens is 376 g/mol. The molecule has 4 amide bonds. The van der Waals surface area contributed by atoms with Crippen molar-refractivity contribution in [3.63, 3.8) is 0 Å². The quantitative estimate of drug-likeness (QED) is 0.668. The molecule has 1 atom stereocenters. The van der Waals surface area contributed by atoms with Gasteiger partial charge in [0.1, 0.15) is 5.75 Å². The third-order valence-electron chi connectivity index (χ3n) is 4.42. The summed E-state index contributed by atoms with van der Waals surface area (Å²) in [5, 5.41) is 2.60. The zero-order valence-corrected chi connectivity index (χ0v) is 15.7. The highest BCUT2D eigenvalue weighted by molar-refractivity contribution is 6.03. The van der Waals surface area contributed by atoms with Crippen molar-refractivity contribution >= 4 is 35.0 Å². The smallest absolute Gasteiger partial charge is 0.267 e. The maximum absolute atomic E-state index is 12.5. The highest BCUT2D eigenvalue weighted by atomic mass is 16.5. The number of anilines is 2. The molecule has 0 bridgehead atoms. The summed E-state index contributed by atoms with van der Waals surface area (Å²) in [6.07, 6.45) is -0.669. The fourth-order valence-electron chi connectivity index (χ4n) is 3.01. The molecule has 1 aliphatic rings. The molecule has 0 fully saturated rings. The molecule has 1 unspecified atom stereocenters. The first-order valence-electron chi connectivity index (χ1n) is 8.88. The number of nitrogens with two attached hydrogens (primary N) is 2. The molecule has 1 heterocycles. The van der Waals surface area contributed by atoms with Gasteiger partial charge >= 0.3 is 0 Å². The van der Waals surface area contributed by atoms with E-state index in [0.717, 1.165) is 0 Å². The minimum atomic E-state index is -0.756. The van der Waals surface area contributed by atoms with Gasteiger partial charge in [0.05, 0.1) is 5.69 Å². The number of nitrogens with zero attached hydrogens (tertiary/aromatic N) is 1. The van der Waals surface area contributed by atoms with E-state index in [1.54, 1.807) is 31.2 Å². The van der Waals surface area contributed by atoms with Crippen LogP contribution in [-0.4, -0.2) is 36.3 Å². The number of hydrogen-bond donors (Lipinski definition) is 3. The summed E-state index contributed by atoms with van der Waals surface area (Å²) in [6.45, 7) is 1.78. The van der Waals surface area contributed by atoms with Crippen molar-refractivity contribution in [3.05, 3.63) is 53.6 Å². The van der Waals surface area contributed by atoms with Gasteiger partial charge in [0.2, 0.25) is 17.7 Å². The summed E-state index contributed by atoms with van der Waals surface area (Å²) in [5.41, 5.74) is 11.4. The van der Waals surface area contributed by atoms with E-state index in [1.807, 2.05) is 0 Å². The first-order chi connectivity index (χ1) is 13.8. The van der Waals surface area contributed by atoms with E-state index < -0.39 is 23.8 Å². The van der Waals surface area contributed by atoms with Crippen LogP contribution in [0.1, 0.15) is 34.1 Å². The van der Waals surface area contributed by atoms with Crippen LogP contribution >= 0.6 is 0 Å². The predicted octanol–water partition coefficient (Wildman–Crippen LogP) is 1.03. The molecule has 0 aliphatic carbocycles. The predicted molar refractivity (Wildman–Crippen MR) is 106 cm³/mol. The summed E-state index contributed by atoms with van der Waals surface area (Å²) in [6, 6.07) is 11.0. The lowest BCUT2D eigenvalue weighted by atomic mass is 10.1. The first-order valence-corrected chi connectivity index (χ1v) is 8.88. The highest BCUT2D eigenvalue weighted by Gasteiger charge is 2.31. The number of fused-ring (bicyclic) bond motifs is 1. The maximum Gasteiger partial charge on any atom is 0.267 e. The second kappa shape index (κ2) is 8.01. The molecule has 0 spiro atoms. The van der Waals surface area contributed by atoms with Crippen LogP contribution in [0.15, 0.2) is 42.5 Å². The minimum absolute atomic E-state index is 0.0144. The number of rotatable bonds is 6. The van der Waals surface area contributed by atoms with Crippen molar-refractivity contribution in [1.29, 1.82) is 0 Å². The summed E-state index contributed by atoms with van der Waals surface area (Å²) < 4.78 is 5.57. The lowest BCUT2D eigenvalue weighted by molar-refractivity contribution is -0.125. The highest BCUT2D eigenvalue weighted by Crippen LogP contribution is 2.33. The van der Waals surface area contributed by atoms with E-state index in [2.05, 4.69) is 5.32 Å². The van der Waals surface area contributed by atoms with E-state index in [4.69, 9.17) is 16.2 Å². The first kappa shape index (κ1) is 19.9. The molecular formula is C20H20N4O5. The molecule has 0 saturated carbocycles. The molecule has 0 saturated heterocycles. The van der Waals surface area contributed by atoms with Crippen molar-refractivity contribution in [1.82, 2.24) is 0 Å². The Bertz CT molecular complexity index is 972. The van der Waals surface area contributed by atoms with E-state index >= 15 is 0 Å². The van der Waals surface area contributed by atoms with Gasteiger partial charge in [0.15, 0.2) is 6.10 Å². The Kier molecular flexibility index (Phi) is 5.49. The number of benzene rings is 2. The van der Waals surface area contributed by atoms with E-state index in [0.29, 0.717) is 11.4 Å². The number of amides is 4. The Labute approximate surface area is 166 Å². The van der Waals surface area contributed by atoms with Crippen LogP contribution in [0.4, 0.5) is 11.4 Å². The van der Waals surface area contributed by atoms with Crippen LogP contribution in [0.3, 0.4) is 0 Å². The minimum Gasteiger partial charge on any atom is -0.479 e. The molecule has 2 aromatic rings. The third-order valence-corrected chi connectivity index (χ3v) is 4.42. The summed E-state index contributed by atoms with van der Waals surface area (Å²) >= 11 is 0. The van der Waals surface area contributed by atoms with Gasteiger partial charge in [-0.2, -0.15) is 0 Å². The van der Waals surface area contributed by atoms with Crippen molar-refractivity contribution in [2.24, 2.45) is 11.5 Å². The normalized spacial score (nSPS) is 15.3. The number of hydrogen-bond acceptors (Lipinski definition) is 5. The molecule has 0 radical (unpaired) electrons. The monoisotopic (exact) mass is 396 g/mol. The van der Waals surface area contributed by atoms with Crippen LogP contribution in [0.25, 0.3) is 0 Å². The SMILES string of the molecule is CC1Oc2ccccc2N(CCC(=O)Nc2cc(C(N)=O)cc(C(N)=O)c2)C1=O. The van der Waals surface area contributed by atoms with E-state index in [1.165, 1.54) is 23.1 Å². The van der Waals surface area contributed by atoms with E-state index in [9.17, 15) is 19.2 Å². The standard InChI is InChI=1S/C20H20N4O5/c1-11-20(28)24(15-4-2-3-5-16(15)29-11)7-6-17(25)23-14-9-12(18(21)26)8-13(10-14)19(22)27/h2-5,8-11H,6-7H2,1H3,(H2,21,26)(H2,22,27)(H,23,25). The van der Waals surface area contributed by atoms with Gasteiger partial charge in [-0.15, -0.1) is 0 Å². The number of nitrogens with one attached hydrogen (secondary N) is 1. The summed E-state index contributed by atoms with van der Waals surface area (Å²) in [4.78, 5) is 49.2. The lowest BCUT2D eigenvalue weighted by Crippen LogP contribution is -2.45. The summed E-state index contributed by atoms with van der Waals surface area (Å²) in [5.74, 6) is -1.60. The molecule has 5 N–H and O–H groups in total. The number of carbonyl (C=O) groups excluding carboxylic acids is 4. The number of primary amides is 2. The van der Waals surface area contributed by atoms with Gasteiger partial charge in [0, 0.05) is 29.8 Å². The fraction of sp³-hybridized carbons (Fsp3) is 0.200. The second-order valence-corrected chi connectivity index (χ2v) is 6.54. The van der Waals surface area contributed by atoms with Crippen LogP contribution in [0, 0.1) is 0 Å². The Balaban J connectivity index is 1.73. The van der Waals surface area contributed by atoms with Gasteiger partial charge in [0.25, 0.3) is 5.91 Å². The Hall–Kier alpha value is -3.88. The summed E-state index contributed by atoms with van der Waals surface area (Å²) in [7, 11) is 0. The fourth-order valence-corrected chi connectivity index (χ4v) is 3.01. The molecule has 1 aliphatic heterocycles. The topological polar surface area (TPSA) is 145 Å². The molecule has 0 aromatic heterocycles. The van der Waals surface area contributed by atoms with Crippen molar-refractivity contribution < 1.29 is 23.9 Å². The zero-order chi connectivity index (χ0) is 21.1. The number of carbonyl (C=O) groups is 4. The van der Waals surface area contributed by atoms with Gasteiger partial charge in [-0.05, 0) is 37.3 Å². The van der Waals surface area contributed by atoms with Crippen molar-refractivity contribution in [2.75, 3.05) is 16.8 Å². The van der Waals surface area contributed by atoms with Crippen LogP contribution in [0.2, 0.25) is 0 Å². The Morgan fingerprint density at radius 3 is 2.31 bits per heavy atom. The van der Waals surface area contributed by atoms with Crippen molar-refractivity contribution in [3.8, 4) is 5.75 Å². The van der Waals surface area contributed by atoms with Gasteiger partial charge in [-0.25, -0.2) is 0 Å². The Morgan fingerprint density at radius 2 is 1.69 bits per heavy atom. The van der Waals surface area contributed by atoms with E-state index in [-0.39, 0.29) is 35.7 Å². The van der Waals surface area contributed by atoms with Crippen molar-refractivity contribution in [2.45, 2.75) is 19.4 Å². The average molecular weight is 396 g/mol. The molecule has 150 valence electrons. The lowest BCUT2D eigenvalue weighted by Gasteiger charge is -2.32. The maximum atomic E-state index is 12.5. The zero-order valence-electron chi connectivity index (χ0n) is 15.7. The average Bonchev–Trinajstić information content (AvgIpc) is 2.68. The molecule has 3 rings (SSSR count). The molecule has 9 heteroatoms. The van der Waals surface area contributed by atoms with Crippen LogP contribution in [-0.2, 0) is 9.59 Å². The third kappa shape index (κ3) is 4.34.